The average Bonchev–Trinajstić information content (AvgIpc) is 3.22. The minimum Gasteiger partial charge on any atom is -0.337 e. The predicted molar refractivity (Wildman–Crippen MR) is 125 cm³/mol. The molecule has 0 N–H and O–H groups in total. The van der Waals surface area contributed by atoms with Crippen LogP contribution in [0.5, 0.6) is 0 Å². The Morgan fingerprint density at radius 1 is 1.19 bits per heavy atom. The molecule has 4 rings (SSSR count). The summed E-state index contributed by atoms with van der Waals surface area (Å²) in [5.41, 5.74) is 2.89. The Balaban J connectivity index is 1.39. The molecule has 0 atom stereocenters. The molecule has 162 valence electrons. The summed E-state index contributed by atoms with van der Waals surface area (Å²) in [4.78, 5) is 30.4. The Labute approximate surface area is 193 Å². The maximum atomic E-state index is 12.8. The molecule has 7 nitrogen and oxygen atoms in total. The monoisotopic (exact) mass is 466 g/mol. The van der Waals surface area contributed by atoms with Gasteiger partial charge in [-0.3, -0.25) is 14.9 Å². The molecule has 0 saturated heterocycles. The van der Waals surface area contributed by atoms with Gasteiger partial charge in [-0.25, -0.2) is 4.98 Å². The van der Waals surface area contributed by atoms with Crippen LogP contribution in [-0.4, -0.2) is 32.2 Å². The van der Waals surface area contributed by atoms with Crippen molar-refractivity contribution in [1.82, 2.24) is 14.3 Å². The summed E-state index contributed by atoms with van der Waals surface area (Å²) < 4.78 is 1.99. The molecule has 2 heterocycles. The fourth-order valence-corrected chi connectivity index (χ4v) is 4.21. The fraction of sp³-hybridized carbons (Fsp3) is 0.130. The second kappa shape index (κ2) is 9.42. The summed E-state index contributed by atoms with van der Waals surface area (Å²) in [6.07, 6.45) is 3.97. The van der Waals surface area contributed by atoms with Gasteiger partial charge in [-0.15, -0.1) is 11.8 Å². The first-order valence-electron chi connectivity index (χ1n) is 9.74. The lowest BCUT2D eigenvalue weighted by Gasteiger charge is -2.18. The Morgan fingerprint density at radius 2 is 1.97 bits per heavy atom. The summed E-state index contributed by atoms with van der Waals surface area (Å²) in [7, 11) is 1.64. The molecular formula is C23H19ClN4O3S. The topological polar surface area (TPSA) is 80.8 Å². The van der Waals surface area contributed by atoms with Gasteiger partial charge in [0, 0.05) is 59.4 Å². The highest BCUT2D eigenvalue weighted by atomic mass is 35.5. The molecule has 0 spiro atoms. The number of carbonyl (C=O) groups is 1. The Kier molecular flexibility index (Phi) is 6.43. The second-order valence-electron chi connectivity index (χ2n) is 7.21. The van der Waals surface area contributed by atoms with Gasteiger partial charge in [-0.1, -0.05) is 17.7 Å². The number of hydrogen-bond donors (Lipinski definition) is 0. The first-order valence-corrected chi connectivity index (χ1v) is 11.1. The van der Waals surface area contributed by atoms with Crippen LogP contribution < -0.4 is 0 Å². The molecule has 2 aromatic carbocycles. The highest BCUT2D eigenvalue weighted by molar-refractivity contribution is 7.98. The van der Waals surface area contributed by atoms with Crippen LogP contribution in [0.3, 0.4) is 0 Å². The Hall–Kier alpha value is -3.36. The van der Waals surface area contributed by atoms with Crippen molar-refractivity contribution in [2.45, 2.75) is 17.2 Å². The van der Waals surface area contributed by atoms with Gasteiger partial charge in [-0.2, -0.15) is 0 Å². The Bertz CT molecular complexity index is 1260. The summed E-state index contributed by atoms with van der Waals surface area (Å²) >= 11 is 7.80. The van der Waals surface area contributed by atoms with Gasteiger partial charge in [0.2, 0.25) is 0 Å². The number of non-ortho nitro benzene ring substituents is 1. The van der Waals surface area contributed by atoms with Crippen molar-refractivity contribution in [1.29, 1.82) is 0 Å². The Morgan fingerprint density at radius 3 is 2.69 bits per heavy atom. The molecule has 0 bridgehead atoms. The number of aromatic nitrogens is 2. The SMILES string of the molecule is CN(Cc1cc([N+](=O)[O-])ccc1Cl)C(=O)c1ccc(SCc2cn3ccccc3n2)cc1. The standard InChI is InChI=1S/C23H19ClN4O3S/c1-26(13-17-12-19(28(30)31)7-10-21(17)24)23(29)16-5-8-20(9-6-16)32-15-18-14-27-11-3-2-4-22(27)25-18/h2-12,14H,13,15H2,1H3. The van der Waals surface area contributed by atoms with Crippen LogP contribution in [0.15, 0.2) is 78.0 Å². The number of fused-ring (bicyclic) bond motifs is 1. The summed E-state index contributed by atoms with van der Waals surface area (Å²) in [5, 5.41) is 11.4. The largest absolute Gasteiger partial charge is 0.337 e. The number of imidazole rings is 1. The van der Waals surface area contributed by atoms with Crippen molar-refractivity contribution in [3.8, 4) is 0 Å². The number of carbonyl (C=O) groups excluding carboxylic acids is 1. The minimum atomic E-state index is -0.482. The molecule has 2 aromatic heterocycles. The van der Waals surface area contributed by atoms with E-state index in [-0.39, 0.29) is 18.1 Å². The number of pyridine rings is 1. The number of benzene rings is 2. The number of nitro benzene ring substituents is 1. The zero-order valence-electron chi connectivity index (χ0n) is 17.1. The van der Waals surface area contributed by atoms with E-state index in [0.29, 0.717) is 16.1 Å². The smallest absolute Gasteiger partial charge is 0.269 e. The van der Waals surface area contributed by atoms with Gasteiger partial charge >= 0.3 is 0 Å². The van der Waals surface area contributed by atoms with Crippen LogP contribution in [0, 0.1) is 10.1 Å². The lowest BCUT2D eigenvalue weighted by atomic mass is 10.1. The number of hydrogen-bond acceptors (Lipinski definition) is 5. The van der Waals surface area contributed by atoms with Crippen LogP contribution in [-0.2, 0) is 12.3 Å². The van der Waals surface area contributed by atoms with Crippen LogP contribution in [0.25, 0.3) is 5.65 Å². The number of nitro groups is 1. The van der Waals surface area contributed by atoms with Gasteiger partial charge in [-0.05, 0) is 48.0 Å². The van der Waals surface area contributed by atoms with Crippen molar-refractivity contribution in [2.24, 2.45) is 0 Å². The molecule has 0 fully saturated rings. The van der Waals surface area contributed by atoms with Gasteiger partial charge < -0.3 is 9.30 Å². The van der Waals surface area contributed by atoms with Crippen LogP contribution >= 0.6 is 23.4 Å². The van der Waals surface area contributed by atoms with E-state index in [0.717, 1.165) is 22.0 Å². The van der Waals surface area contributed by atoms with Gasteiger partial charge in [0.05, 0.1) is 10.6 Å². The van der Waals surface area contributed by atoms with Crippen molar-refractivity contribution in [2.75, 3.05) is 7.05 Å². The number of thioether (sulfide) groups is 1. The van der Waals surface area contributed by atoms with Crippen molar-refractivity contribution >= 4 is 40.6 Å². The first kappa shape index (κ1) is 21.9. The highest BCUT2D eigenvalue weighted by Gasteiger charge is 2.16. The summed E-state index contributed by atoms with van der Waals surface area (Å²) in [6.45, 7) is 0.170. The van der Waals surface area contributed by atoms with E-state index in [1.54, 1.807) is 30.9 Å². The highest BCUT2D eigenvalue weighted by Crippen LogP contribution is 2.25. The number of amides is 1. The van der Waals surface area contributed by atoms with Crippen molar-refractivity contribution in [3.05, 3.63) is 105 Å². The van der Waals surface area contributed by atoms with E-state index in [4.69, 9.17) is 11.6 Å². The molecule has 9 heteroatoms. The third kappa shape index (κ3) is 4.92. The molecule has 0 saturated carbocycles. The molecule has 4 aromatic rings. The molecule has 32 heavy (non-hydrogen) atoms. The van der Waals surface area contributed by atoms with E-state index in [1.165, 1.54) is 23.1 Å². The molecule has 0 aliphatic rings. The average molecular weight is 467 g/mol. The maximum absolute atomic E-state index is 12.8. The number of nitrogens with zero attached hydrogens (tertiary/aromatic N) is 4. The molecule has 0 aliphatic carbocycles. The van der Waals surface area contributed by atoms with E-state index < -0.39 is 4.92 Å². The number of halogens is 1. The maximum Gasteiger partial charge on any atom is 0.269 e. The third-order valence-corrected chi connectivity index (χ3v) is 6.31. The zero-order chi connectivity index (χ0) is 22.7. The lowest BCUT2D eigenvalue weighted by Crippen LogP contribution is -2.26. The van der Waals surface area contributed by atoms with E-state index >= 15 is 0 Å². The first-order chi connectivity index (χ1) is 15.4. The molecule has 1 amide bonds. The van der Waals surface area contributed by atoms with Crippen LogP contribution in [0.2, 0.25) is 5.02 Å². The fourth-order valence-electron chi connectivity index (χ4n) is 3.25. The molecule has 0 aliphatic heterocycles. The van der Waals surface area contributed by atoms with Gasteiger partial charge in [0.25, 0.3) is 11.6 Å². The molecule has 0 unspecified atom stereocenters. The molecular weight excluding hydrogens is 448 g/mol. The van der Waals surface area contributed by atoms with E-state index in [2.05, 4.69) is 4.98 Å². The summed E-state index contributed by atoms with van der Waals surface area (Å²) in [5.74, 6) is 0.532. The lowest BCUT2D eigenvalue weighted by molar-refractivity contribution is -0.384. The second-order valence-corrected chi connectivity index (χ2v) is 8.66. The van der Waals surface area contributed by atoms with Crippen LogP contribution in [0.4, 0.5) is 5.69 Å². The summed E-state index contributed by atoms with van der Waals surface area (Å²) in [6, 6.07) is 17.5. The predicted octanol–water partition coefficient (Wildman–Crippen LogP) is 5.46. The van der Waals surface area contributed by atoms with Gasteiger partial charge in [0.1, 0.15) is 5.65 Å². The number of rotatable bonds is 7. The van der Waals surface area contributed by atoms with Crippen molar-refractivity contribution in [3.63, 3.8) is 0 Å². The van der Waals surface area contributed by atoms with Crippen molar-refractivity contribution < 1.29 is 9.72 Å². The normalized spacial score (nSPS) is 10.9. The zero-order valence-corrected chi connectivity index (χ0v) is 18.7. The molecule has 0 radical (unpaired) electrons. The quantitative estimate of drug-likeness (QED) is 0.205. The minimum absolute atomic E-state index is 0.0581. The van der Waals surface area contributed by atoms with Gasteiger partial charge in [0.15, 0.2) is 0 Å². The van der Waals surface area contributed by atoms with E-state index in [9.17, 15) is 14.9 Å². The van der Waals surface area contributed by atoms with Crippen LogP contribution in [0.1, 0.15) is 21.6 Å². The van der Waals surface area contributed by atoms with E-state index in [1.807, 2.05) is 47.1 Å². The third-order valence-electron chi connectivity index (χ3n) is 4.90.